The molecule has 3 amide bonds. The minimum Gasteiger partial charge on any atom is -0.444 e. The highest BCUT2D eigenvalue weighted by atomic mass is 32.2. The van der Waals surface area contributed by atoms with Crippen LogP contribution in [0.25, 0.3) is 0 Å². The first-order chi connectivity index (χ1) is 18.7. The molecule has 0 aliphatic carbocycles. The van der Waals surface area contributed by atoms with Crippen molar-refractivity contribution >= 4 is 29.7 Å². The predicted octanol–water partition coefficient (Wildman–Crippen LogP) is 6.32. The summed E-state index contributed by atoms with van der Waals surface area (Å²) in [5.74, 6) is 0.0761. The molecule has 7 nitrogen and oxygen atoms in total. The zero-order chi connectivity index (χ0) is 30.1. The van der Waals surface area contributed by atoms with Crippen LogP contribution in [0, 0.1) is 13.8 Å². The first-order valence-electron chi connectivity index (χ1n) is 13.9. The standard InChI is InChI=1S/C32H47N3O4S/c1-10-32(7,8)35(29(37)25(19-20-40-9)34-30(38)39-31(4,5)6)27(26-22(2)15-14-16-23(26)3)28(36)33-21-24-17-12-11-13-18-24/h11-18,25,27H,10,19-21H2,1-9H3,(H,33,36)(H,34,38). The van der Waals surface area contributed by atoms with Gasteiger partial charge in [-0.05, 0) is 95.6 Å². The van der Waals surface area contributed by atoms with E-state index in [4.69, 9.17) is 4.74 Å². The highest BCUT2D eigenvalue weighted by molar-refractivity contribution is 7.98. The molecule has 2 atom stereocenters. The maximum Gasteiger partial charge on any atom is 0.408 e. The lowest BCUT2D eigenvalue weighted by Crippen LogP contribution is -2.59. The summed E-state index contributed by atoms with van der Waals surface area (Å²) in [5.41, 5.74) is 2.19. The highest BCUT2D eigenvalue weighted by Gasteiger charge is 2.43. The molecule has 0 aromatic heterocycles. The normalized spacial score (nSPS) is 13.2. The van der Waals surface area contributed by atoms with Gasteiger partial charge in [-0.25, -0.2) is 4.79 Å². The van der Waals surface area contributed by atoms with Crippen molar-refractivity contribution in [1.82, 2.24) is 15.5 Å². The number of alkyl carbamates (subject to hydrolysis) is 1. The quantitative estimate of drug-likeness (QED) is 0.312. The predicted molar refractivity (Wildman–Crippen MR) is 164 cm³/mol. The fourth-order valence-electron chi connectivity index (χ4n) is 4.57. The van der Waals surface area contributed by atoms with Crippen molar-refractivity contribution in [1.29, 1.82) is 0 Å². The maximum absolute atomic E-state index is 14.5. The van der Waals surface area contributed by atoms with Crippen molar-refractivity contribution in [2.75, 3.05) is 12.0 Å². The average molecular weight is 570 g/mol. The van der Waals surface area contributed by atoms with Crippen LogP contribution in [0.2, 0.25) is 0 Å². The number of rotatable bonds is 12. The third kappa shape index (κ3) is 9.29. The fraction of sp³-hybridized carbons (Fsp3) is 0.531. The summed E-state index contributed by atoms with van der Waals surface area (Å²) in [7, 11) is 0. The lowest BCUT2D eigenvalue weighted by atomic mass is 9.88. The van der Waals surface area contributed by atoms with Gasteiger partial charge in [-0.15, -0.1) is 0 Å². The average Bonchev–Trinajstić information content (AvgIpc) is 2.88. The van der Waals surface area contributed by atoms with Gasteiger partial charge in [0.15, 0.2) is 0 Å². The Labute approximate surface area is 244 Å². The number of nitrogens with one attached hydrogen (secondary N) is 2. The number of thioether (sulfide) groups is 1. The van der Waals surface area contributed by atoms with Gasteiger partial charge in [0.05, 0.1) is 0 Å². The molecule has 2 aromatic carbocycles. The molecule has 40 heavy (non-hydrogen) atoms. The second-order valence-corrected chi connectivity index (χ2v) is 12.8. The third-order valence-corrected chi connectivity index (χ3v) is 7.63. The summed E-state index contributed by atoms with van der Waals surface area (Å²) >= 11 is 1.59. The van der Waals surface area contributed by atoms with Gasteiger partial charge < -0.3 is 20.3 Å². The first-order valence-corrected chi connectivity index (χ1v) is 15.3. The molecule has 0 fully saturated rings. The van der Waals surface area contributed by atoms with E-state index in [-0.39, 0.29) is 11.8 Å². The second-order valence-electron chi connectivity index (χ2n) is 11.8. The van der Waals surface area contributed by atoms with Crippen LogP contribution in [0.15, 0.2) is 48.5 Å². The van der Waals surface area contributed by atoms with Gasteiger partial charge in [-0.2, -0.15) is 11.8 Å². The lowest BCUT2D eigenvalue weighted by molar-refractivity contribution is -0.149. The Bertz CT molecular complexity index is 1120. The Balaban J connectivity index is 2.62. The third-order valence-electron chi connectivity index (χ3n) is 6.99. The molecular weight excluding hydrogens is 522 g/mol. The van der Waals surface area contributed by atoms with Gasteiger partial charge in [-0.1, -0.05) is 55.5 Å². The molecule has 2 rings (SSSR count). The summed E-state index contributed by atoms with van der Waals surface area (Å²) in [6.45, 7) is 15.6. The van der Waals surface area contributed by atoms with E-state index in [1.807, 2.05) is 89.4 Å². The number of nitrogens with zero attached hydrogens (tertiary/aromatic N) is 1. The van der Waals surface area contributed by atoms with Crippen LogP contribution in [-0.4, -0.2) is 52.0 Å². The first kappa shape index (κ1) is 33.2. The number of carbonyl (C=O) groups is 3. The van der Waals surface area contributed by atoms with Crippen LogP contribution in [0.4, 0.5) is 4.79 Å². The van der Waals surface area contributed by atoms with E-state index in [2.05, 4.69) is 10.6 Å². The van der Waals surface area contributed by atoms with E-state index in [9.17, 15) is 14.4 Å². The number of hydrogen-bond donors (Lipinski definition) is 2. The van der Waals surface area contributed by atoms with Gasteiger partial charge in [0.2, 0.25) is 11.8 Å². The smallest absolute Gasteiger partial charge is 0.408 e. The Morgan fingerprint density at radius 2 is 1.55 bits per heavy atom. The number of carbonyl (C=O) groups excluding carboxylic acids is 3. The van der Waals surface area contributed by atoms with Crippen LogP contribution >= 0.6 is 11.8 Å². The minimum absolute atomic E-state index is 0.267. The number of amides is 3. The molecule has 8 heteroatoms. The zero-order valence-electron chi connectivity index (χ0n) is 25.6. The van der Waals surface area contributed by atoms with E-state index in [0.717, 1.165) is 22.3 Å². The Hall–Kier alpha value is -3.00. The molecule has 0 radical (unpaired) electrons. The maximum atomic E-state index is 14.5. The van der Waals surface area contributed by atoms with E-state index in [1.54, 1.807) is 37.4 Å². The topological polar surface area (TPSA) is 87.7 Å². The summed E-state index contributed by atoms with van der Waals surface area (Å²) in [6.07, 6.45) is 2.31. The molecule has 0 aliphatic rings. The summed E-state index contributed by atoms with van der Waals surface area (Å²) in [5, 5.41) is 5.91. The van der Waals surface area contributed by atoms with E-state index in [0.29, 0.717) is 25.1 Å². The number of hydrogen-bond acceptors (Lipinski definition) is 5. The summed E-state index contributed by atoms with van der Waals surface area (Å²) in [4.78, 5) is 43.2. The van der Waals surface area contributed by atoms with Crippen LogP contribution in [-0.2, 0) is 20.9 Å². The Morgan fingerprint density at radius 1 is 0.950 bits per heavy atom. The van der Waals surface area contributed by atoms with E-state index in [1.165, 1.54) is 0 Å². The molecule has 0 saturated heterocycles. The van der Waals surface area contributed by atoms with Crippen LogP contribution in [0.1, 0.15) is 82.7 Å². The van der Waals surface area contributed by atoms with Crippen LogP contribution in [0.3, 0.4) is 0 Å². The molecule has 0 saturated carbocycles. The Morgan fingerprint density at radius 3 is 2.08 bits per heavy atom. The summed E-state index contributed by atoms with van der Waals surface area (Å²) in [6, 6.07) is 13.8. The van der Waals surface area contributed by atoms with Crippen molar-refractivity contribution in [3.8, 4) is 0 Å². The van der Waals surface area contributed by atoms with Gasteiger partial charge in [0.1, 0.15) is 17.7 Å². The van der Waals surface area contributed by atoms with Crippen molar-refractivity contribution in [2.45, 2.75) is 98.0 Å². The molecule has 0 spiro atoms. The lowest BCUT2D eigenvalue weighted by Gasteiger charge is -2.45. The van der Waals surface area contributed by atoms with Crippen LogP contribution < -0.4 is 10.6 Å². The largest absolute Gasteiger partial charge is 0.444 e. The molecule has 220 valence electrons. The van der Waals surface area contributed by atoms with Crippen molar-refractivity contribution < 1.29 is 19.1 Å². The second kappa shape index (κ2) is 14.6. The van der Waals surface area contributed by atoms with Gasteiger partial charge in [-0.3, -0.25) is 9.59 Å². The fourth-order valence-corrected chi connectivity index (χ4v) is 5.05. The molecule has 2 unspecified atom stereocenters. The monoisotopic (exact) mass is 569 g/mol. The van der Waals surface area contributed by atoms with E-state index >= 15 is 0 Å². The SMILES string of the molecule is CCC(C)(C)N(C(=O)C(CCSC)NC(=O)OC(C)(C)C)C(C(=O)NCc1ccccc1)c1c(C)cccc1C. The number of aryl methyl sites for hydroxylation is 2. The molecular formula is C32H47N3O4S. The number of benzene rings is 2. The zero-order valence-corrected chi connectivity index (χ0v) is 26.4. The molecule has 2 N–H and O–H groups in total. The molecule has 2 aromatic rings. The molecule has 0 aliphatic heterocycles. The van der Waals surface area contributed by atoms with Crippen molar-refractivity contribution in [3.05, 3.63) is 70.8 Å². The van der Waals surface area contributed by atoms with Gasteiger partial charge in [0.25, 0.3) is 0 Å². The van der Waals surface area contributed by atoms with Gasteiger partial charge in [0, 0.05) is 12.1 Å². The van der Waals surface area contributed by atoms with Crippen LogP contribution in [0.5, 0.6) is 0 Å². The van der Waals surface area contributed by atoms with Gasteiger partial charge >= 0.3 is 6.09 Å². The Kier molecular flexibility index (Phi) is 12.1. The molecule has 0 heterocycles. The minimum atomic E-state index is -0.899. The highest BCUT2D eigenvalue weighted by Crippen LogP contribution is 2.35. The number of ether oxygens (including phenoxy) is 1. The molecule has 0 bridgehead atoms. The van der Waals surface area contributed by atoms with E-state index < -0.39 is 29.3 Å². The van der Waals surface area contributed by atoms with Crippen molar-refractivity contribution in [2.24, 2.45) is 0 Å². The van der Waals surface area contributed by atoms with Crippen molar-refractivity contribution in [3.63, 3.8) is 0 Å². The summed E-state index contributed by atoms with van der Waals surface area (Å²) < 4.78 is 5.50.